The van der Waals surface area contributed by atoms with Crippen molar-refractivity contribution >= 4 is 88.4 Å². The van der Waals surface area contributed by atoms with Crippen LogP contribution in [0.2, 0.25) is 5.02 Å². The van der Waals surface area contributed by atoms with Crippen LogP contribution >= 0.6 is 11.6 Å². The van der Waals surface area contributed by atoms with Crippen molar-refractivity contribution in [3.8, 4) is 0 Å². The van der Waals surface area contributed by atoms with Crippen LogP contribution in [0.25, 0.3) is 0 Å². The maximum absolute atomic E-state index is 15.3. The van der Waals surface area contributed by atoms with E-state index in [1.165, 1.54) is 66.1 Å². The average molecular weight is 1500 g/mol. The summed E-state index contributed by atoms with van der Waals surface area (Å²) in [4.78, 5) is 203. The van der Waals surface area contributed by atoms with Gasteiger partial charge in [0.05, 0.1) is 43.1 Å². The van der Waals surface area contributed by atoms with Gasteiger partial charge in [0.2, 0.25) is 76.8 Å². The summed E-state index contributed by atoms with van der Waals surface area (Å²) in [7, 11) is 10.4. The highest BCUT2D eigenvalue weighted by atomic mass is 35.5. The maximum atomic E-state index is 15.3. The summed E-state index contributed by atoms with van der Waals surface area (Å²) in [6, 6.07) is -8.97. The predicted octanol–water partition coefficient (Wildman–Crippen LogP) is 5.06. The number of aryl methyl sites for hydroxylation is 1. The molecular weight excluding hydrogens is 1390 g/mol. The van der Waals surface area contributed by atoms with Crippen LogP contribution in [0, 0.1) is 23.7 Å². The van der Waals surface area contributed by atoms with Crippen molar-refractivity contribution in [1.29, 1.82) is 0 Å². The first kappa shape index (κ1) is 86.9. The van der Waals surface area contributed by atoms with Crippen molar-refractivity contribution in [1.82, 2.24) is 64.9 Å². The Morgan fingerprint density at radius 3 is 1.74 bits per heavy atom. The molecule has 3 saturated heterocycles. The number of hydrogen-bond donors (Lipinski definition) is 3. The minimum Gasteiger partial charge on any atom is -0.343 e. The van der Waals surface area contributed by atoms with Gasteiger partial charge in [-0.2, -0.15) is 13.2 Å². The Morgan fingerprint density at radius 2 is 1.17 bits per heavy atom. The van der Waals surface area contributed by atoms with Gasteiger partial charge in [-0.05, 0) is 93.2 Å². The van der Waals surface area contributed by atoms with Crippen LogP contribution in [0.4, 0.5) is 22.0 Å². The SMILES string of the molecule is CC[C@H](C)[C@@H]1NC(=O)[C@H](CC(C)C)N(C)C(=O)CC(C(=O)N2CCCCC2)N(C)C(=O)[C@H](C(C)C)N(C)C(=O)[C@H](C)NC(=O)[C@H](CC(=O)N2CCC(F)(F)CC2)N(C)C(=O)[C@H](CCc2ccc(C(F)(F)F)c(Cl)c2)NC(=O)CN(C)C(=O)[C@H](CC2CCCCC2)N(C)C(=O)CN(C)C(=O)CN(C)C1=O. The van der Waals surface area contributed by atoms with E-state index in [-0.39, 0.29) is 36.7 Å². The quantitative estimate of drug-likeness (QED) is 0.218. The van der Waals surface area contributed by atoms with E-state index in [0.29, 0.717) is 45.2 Å². The van der Waals surface area contributed by atoms with Crippen LogP contribution in [-0.2, 0) is 74.9 Å². The largest absolute Gasteiger partial charge is 0.417 e. The molecule has 1 aromatic carbocycles. The molecule has 1 unspecified atom stereocenters. The minimum atomic E-state index is -4.84. The molecule has 1 saturated carbocycles. The third-order valence-electron chi connectivity index (χ3n) is 20.9. The molecular formula is C72H111ClF5N13O13. The summed E-state index contributed by atoms with van der Waals surface area (Å²) >= 11 is 6.12. The van der Waals surface area contributed by atoms with E-state index < -0.39 is 224 Å². The standard InChI is InChI=1S/C72H111ClF5N13O13/c1-16-45(6)61-69(103)84(10)41-59(95)82(8)42-60(96)86(12)54(37-47-23-19-17-20-24-47)67(101)83(9)40-56(92)80-51(28-26-48-25-27-49(50(73)36-48)72(76,77)78)66(100)87(13)53(38-58(94)90-33-29-71(74,75)30-34-90)63(97)79-46(7)65(99)89(15)62(44(4)5)70(104)88(14)55(68(102)91-31-21-18-22-32-91)39-57(93)85(11)52(35-43(2)3)64(98)81-61/h25,27,36,43-47,51-55,61-62H,16-24,26,28-35,37-42H2,1-15H3,(H,79,97)(H,80,92)(H,81,98)/t45-,46-,51-,52-,53-,54-,55?,61-,62-/m0/s1. The normalized spacial score (nSPS) is 25.8. The smallest absolute Gasteiger partial charge is 0.343 e. The molecule has 13 amide bonds. The molecule has 0 bridgehead atoms. The Morgan fingerprint density at radius 1 is 0.606 bits per heavy atom. The zero-order valence-corrected chi connectivity index (χ0v) is 63.9. The summed E-state index contributed by atoms with van der Waals surface area (Å²) in [6.45, 7) is 9.45. The second kappa shape index (κ2) is 38.5. The maximum Gasteiger partial charge on any atom is 0.417 e. The zero-order valence-electron chi connectivity index (χ0n) is 63.2. The van der Waals surface area contributed by atoms with Gasteiger partial charge >= 0.3 is 6.18 Å². The highest BCUT2D eigenvalue weighted by Crippen LogP contribution is 2.36. The second-order valence-corrected chi connectivity index (χ2v) is 30.1. The molecule has 0 radical (unpaired) electrons. The monoisotopic (exact) mass is 1500 g/mol. The first-order valence-electron chi connectivity index (χ1n) is 36.3. The number of amides is 13. The number of benzene rings is 1. The van der Waals surface area contributed by atoms with Crippen molar-refractivity contribution in [2.75, 3.05) is 102 Å². The molecule has 584 valence electrons. The van der Waals surface area contributed by atoms with Crippen molar-refractivity contribution < 1.29 is 84.3 Å². The fourth-order valence-corrected chi connectivity index (χ4v) is 14.3. The van der Waals surface area contributed by atoms with Crippen LogP contribution in [0.5, 0.6) is 0 Å². The topological polar surface area (TPSA) is 290 Å². The van der Waals surface area contributed by atoms with E-state index in [1.807, 2.05) is 13.8 Å². The van der Waals surface area contributed by atoms with Gasteiger partial charge in [0.25, 0.3) is 5.92 Å². The van der Waals surface area contributed by atoms with Crippen molar-refractivity contribution in [3.05, 3.63) is 34.3 Å². The van der Waals surface area contributed by atoms with Crippen LogP contribution in [-0.4, -0.2) is 282 Å². The Labute approximate surface area is 613 Å². The zero-order chi connectivity index (χ0) is 78.2. The molecule has 26 nitrogen and oxygen atoms in total. The molecule has 0 aromatic heterocycles. The number of hydrogen-bond acceptors (Lipinski definition) is 13. The van der Waals surface area contributed by atoms with E-state index in [0.717, 1.165) is 85.2 Å². The molecule has 104 heavy (non-hydrogen) atoms. The van der Waals surface area contributed by atoms with Gasteiger partial charge in [0, 0.05) is 95.4 Å². The molecule has 4 fully saturated rings. The highest BCUT2D eigenvalue weighted by molar-refractivity contribution is 6.31. The van der Waals surface area contributed by atoms with E-state index >= 15 is 14.4 Å². The number of likely N-dealkylation sites (tertiary alicyclic amines) is 2. The van der Waals surface area contributed by atoms with Crippen molar-refractivity contribution in [2.24, 2.45) is 23.7 Å². The van der Waals surface area contributed by atoms with Crippen molar-refractivity contribution in [2.45, 2.75) is 218 Å². The molecule has 4 aliphatic rings. The number of alkyl halides is 5. The first-order valence-corrected chi connectivity index (χ1v) is 36.6. The molecule has 3 N–H and O–H groups in total. The predicted molar refractivity (Wildman–Crippen MR) is 377 cm³/mol. The Bertz CT molecular complexity index is 3230. The van der Waals surface area contributed by atoms with Gasteiger partial charge in [0.15, 0.2) is 0 Å². The third-order valence-corrected chi connectivity index (χ3v) is 21.2. The van der Waals surface area contributed by atoms with E-state index in [2.05, 4.69) is 16.0 Å². The van der Waals surface area contributed by atoms with Gasteiger partial charge < -0.3 is 64.9 Å². The van der Waals surface area contributed by atoms with Gasteiger partial charge in [0.1, 0.15) is 48.3 Å². The molecule has 5 rings (SSSR count). The van der Waals surface area contributed by atoms with Gasteiger partial charge in [-0.3, -0.25) is 62.3 Å². The number of piperidine rings is 2. The number of nitrogens with zero attached hydrogens (tertiary/aromatic N) is 10. The number of halogens is 6. The molecule has 1 aromatic rings. The molecule has 3 heterocycles. The number of likely N-dealkylation sites (N-methyl/N-ethyl adjacent to an activating group) is 8. The summed E-state index contributed by atoms with van der Waals surface area (Å²) in [5.41, 5.74) is -0.996. The molecule has 32 heteroatoms. The minimum absolute atomic E-state index is 0.0535. The van der Waals surface area contributed by atoms with Crippen LogP contribution < -0.4 is 16.0 Å². The lowest BCUT2D eigenvalue weighted by molar-refractivity contribution is -0.155. The van der Waals surface area contributed by atoms with Crippen LogP contribution in [0.3, 0.4) is 0 Å². The summed E-state index contributed by atoms with van der Waals surface area (Å²) in [5, 5.41) is 7.32. The van der Waals surface area contributed by atoms with E-state index in [9.17, 15) is 69.9 Å². The van der Waals surface area contributed by atoms with Gasteiger partial charge in [-0.25, -0.2) is 8.78 Å². The van der Waals surface area contributed by atoms with Gasteiger partial charge in [-0.1, -0.05) is 97.7 Å². The second-order valence-electron chi connectivity index (χ2n) is 29.7. The van der Waals surface area contributed by atoms with Crippen LogP contribution in [0.15, 0.2) is 18.2 Å². The first-order chi connectivity index (χ1) is 48.5. The summed E-state index contributed by atoms with van der Waals surface area (Å²) in [5.74, 6) is -15.3. The lowest BCUT2D eigenvalue weighted by atomic mass is 9.84. The van der Waals surface area contributed by atoms with E-state index in [1.54, 1.807) is 32.6 Å². The molecule has 3 aliphatic heterocycles. The molecule has 0 spiro atoms. The Balaban J connectivity index is 1.65. The van der Waals surface area contributed by atoms with Gasteiger partial charge in [-0.15, -0.1) is 0 Å². The van der Waals surface area contributed by atoms with Crippen molar-refractivity contribution in [3.63, 3.8) is 0 Å². The average Bonchev–Trinajstić information content (AvgIpc) is 0.805. The number of rotatable bonds is 13. The van der Waals surface area contributed by atoms with E-state index in [4.69, 9.17) is 11.6 Å². The summed E-state index contributed by atoms with van der Waals surface area (Å²) in [6.07, 6.45) is -1.80. The molecule has 1 aliphatic carbocycles. The lowest BCUT2D eigenvalue weighted by Gasteiger charge is -2.40. The Kier molecular flexibility index (Phi) is 32.2. The lowest BCUT2D eigenvalue weighted by Crippen LogP contribution is -2.61. The number of carbonyl (C=O) groups excluding carboxylic acids is 13. The fourth-order valence-electron chi connectivity index (χ4n) is 14.0. The highest BCUT2D eigenvalue weighted by Gasteiger charge is 2.45. The summed E-state index contributed by atoms with van der Waals surface area (Å²) < 4.78 is 70.8. The van der Waals surface area contributed by atoms with Crippen LogP contribution in [0.1, 0.15) is 162 Å². The molecule has 9 atom stereocenters. The Hall–Kier alpha value is -7.73. The number of nitrogens with one attached hydrogen (secondary N) is 3. The number of carbonyl (C=O) groups is 13. The third kappa shape index (κ3) is 23.6. The fraction of sp³-hybridized carbons (Fsp3) is 0.736.